The van der Waals surface area contributed by atoms with E-state index < -0.39 is 0 Å². The second-order valence-electron chi connectivity index (χ2n) is 1.74. The first kappa shape index (κ1) is 6.50. The van der Waals surface area contributed by atoms with Crippen molar-refractivity contribution in [1.82, 2.24) is 0 Å². The average Bonchev–Trinajstić information content (AvgIpc) is 2.34. The largest absolute Gasteiger partial charge is 0.261 e. The van der Waals surface area contributed by atoms with Gasteiger partial charge in [0.25, 0.3) is 0 Å². The lowest BCUT2D eigenvalue weighted by Gasteiger charge is -1.85. The van der Waals surface area contributed by atoms with Crippen LogP contribution in [0, 0.1) is 11.3 Å². The second-order valence-corrected chi connectivity index (χ2v) is 3.48. The smallest absolute Gasteiger partial charge is 0.0917 e. The molecule has 0 bridgehead atoms. The maximum absolute atomic E-state index is 8.15. The van der Waals surface area contributed by atoms with E-state index in [1.165, 1.54) is 12.5 Å². The highest BCUT2D eigenvalue weighted by atomic mass is 32.2. The lowest BCUT2D eigenvalue weighted by molar-refractivity contribution is 0.993. The highest BCUT2D eigenvalue weighted by molar-refractivity contribution is 7.90. The molecule has 0 N–H and O–H groups in total. The molecule has 0 radical (unpaired) electrons. The van der Waals surface area contributed by atoms with Gasteiger partial charge in [-0.15, -0.1) is 0 Å². The minimum Gasteiger partial charge on any atom is -0.261 e. The van der Waals surface area contributed by atoms with E-state index in [0.29, 0.717) is 0 Å². The molecule has 1 aliphatic heterocycles. The summed E-state index contributed by atoms with van der Waals surface area (Å²) >= 11 is 0. The number of rotatable bonds is 1. The van der Waals surface area contributed by atoms with Crippen molar-refractivity contribution in [1.29, 1.82) is 5.26 Å². The van der Waals surface area contributed by atoms with E-state index in [1.807, 2.05) is 11.5 Å². The lowest BCUT2D eigenvalue weighted by Crippen LogP contribution is -1.82. The zero-order valence-electron chi connectivity index (χ0n) is 5.08. The van der Waals surface area contributed by atoms with Gasteiger partial charge in [-0.3, -0.25) is 4.36 Å². The van der Waals surface area contributed by atoms with Crippen molar-refractivity contribution in [3.63, 3.8) is 0 Å². The van der Waals surface area contributed by atoms with Crippen LogP contribution in [-0.2, 0) is 10.7 Å². The third-order valence-corrected chi connectivity index (χ3v) is 2.74. The van der Waals surface area contributed by atoms with E-state index >= 15 is 0 Å². The molecule has 0 aliphatic carbocycles. The Morgan fingerprint density at radius 3 is 3.11 bits per heavy atom. The zero-order chi connectivity index (χ0) is 6.53. The van der Waals surface area contributed by atoms with Crippen LogP contribution in [0.3, 0.4) is 0 Å². The summed E-state index contributed by atoms with van der Waals surface area (Å²) < 4.78 is 4.26. The van der Waals surface area contributed by atoms with Gasteiger partial charge in [-0.1, -0.05) is 10.7 Å². The average molecular weight is 140 g/mol. The van der Waals surface area contributed by atoms with Crippen LogP contribution in [0.1, 0.15) is 6.42 Å². The summed E-state index contributed by atoms with van der Waals surface area (Å²) in [5.74, 6) is 1.15. The van der Waals surface area contributed by atoms with Gasteiger partial charge < -0.3 is 0 Å². The summed E-state index contributed by atoms with van der Waals surface area (Å²) in [6.07, 6.45) is 2.72. The molecule has 0 spiro atoms. The Hall–Kier alpha value is -0.620. The monoisotopic (exact) mass is 140 g/mol. The number of hydrogen-bond acceptors (Lipinski definition) is 2. The summed E-state index contributed by atoms with van der Waals surface area (Å²) in [5, 5.41) is 10.0. The summed E-state index contributed by atoms with van der Waals surface area (Å²) in [6, 6.07) is 1.96. The van der Waals surface area contributed by atoms with Crippen LogP contribution < -0.4 is 0 Å². The van der Waals surface area contributed by atoms with Crippen LogP contribution in [0.4, 0.5) is 0 Å². The maximum Gasteiger partial charge on any atom is 0.0917 e. The molecule has 0 fully saturated rings. The molecule has 1 rings (SSSR count). The highest BCUT2D eigenvalue weighted by Crippen LogP contribution is 2.03. The van der Waals surface area contributed by atoms with E-state index in [0.717, 1.165) is 12.3 Å². The van der Waals surface area contributed by atoms with Crippen molar-refractivity contribution >= 4 is 10.7 Å². The van der Waals surface area contributed by atoms with Crippen LogP contribution in [0.2, 0.25) is 0 Å². The van der Waals surface area contributed by atoms with Gasteiger partial charge in [-0.2, -0.15) is 5.26 Å². The minimum atomic E-state index is 0.0948. The fourth-order valence-electron chi connectivity index (χ4n) is 0.679. The maximum atomic E-state index is 8.15. The van der Waals surface area contributed by atoms with E-state index in [4.69, 9.17) is 5.26 Å². The molecule has 2 nitrogen and oxygen atoms in total. The Morgan fingerprint density at radius 1 is 1.67 bits per heavy atom. The number of nitrogens with zero attached hydrogens (tertiary/aromatic N) is 2. The van der Waals surface area contributed by atoms with Crippen molar-refractivity contribution in [3.05, 3.63) is 11.5 Å². The number of allylic oxidation sites excluding steroid dienone is 1. The molecule has 0 aromatic rings. The minimum absolute atomic E-state index is 0.0948. The van der Waals surface area contributed by atoms with Gasteiger partial charge in [0.1, 0.15) is 0 Å². The van der Waals surface area contributed by atoms with Gasteiger partial charge in [0.15, 0.2) is 0 Å². The van der Waals surface area contributed by atoms with Gasteiger partial charge in [-0.25, -0.2) is 0 Å². The molecule has 3 heteroatoms. The summed E-state index contributed by atoms with van der Waals surface area (Å²) in [4.78, 5) is 0. The molecule has 0 aromatic heterocycles. The fraction of sp³-hybridized carbons (Fsp3) is 0.500. The Balaban J connectivity index is 2.46. The van der Waals surface area contributed by atoms with Gasteiger partial charge in [0.2, 0.25) is 0 Å². The van der Waals surface area contributed by atoms with Crippen LogP contribution in [0.5, 0.6) is 0 Å². The highest BCUT2D eigenvalue weighted by Gasteiger charge is 1.98. The molecule has 0 amide bonds. The number of nitriles is 1. The second kappa shape index (κ2) is 3.41. The Bertz CT molecular complexity index is 188. The van der Waals surface area contributed by atoms with Crippen LogP contribution >= 0.6 is 0 Å². The topological polar surface area (TPSA) is 36.1 Å². The molecule has 1 unspecified atom stereocenters. The van der Waals surface area contributed by atoms with E-state index in [2.05, 4.69) is 4.36 Å². The van der Waals surface area contributed by atoms with Gasteiger partial charge in [0.05, 0.1) is 6.07 Å². The molecule has 0 saturated heterocycles. The first-order valence-corrected chi connectivity index (χ1v) is 4.28. The molecule has 48 valence electrons. The van der Waals surface area contributed by atoms with E-state index in [1.54, 1.807) is 0 Å². The molecular formula is C6H8N2S. The first-order chi connectivity index (χ1) is 4.43. The zero-order valence-corrected chi connectivity index (χ0v) is 5.90. The first-order valence-electron chi connectivity index (χ1n) is 2.87. The Labute approximate surface area is 57.3 Å². The normalized spacial score (nSPS) is 25.9. The molecule has 1 aliphatic rings. The summed E-state index contributed by atoms with van der Waals surface area (Å²) in [6.45, 7) is 0.985. The van der Waals surface area contributed by atoms with E-state index in [9.17, 15) is 0 Å². The molecular weight excluding hydrogens is 132 g/mol. The molecule has 0 aromatic carbocycles. The molecule has 1 atom stereocenters. The third-order valence-electron chi connectivity index (χ3n) is 1.07. The summed E-state index contributed by atoms with van der Waals surface area (Å²) in [5.41, 5.74) is 0. The molecule has 9 heavy (non-hydrogen) atoms. The van der Waals surface area contributed by atoms with Crippen molar-refractivity contribution in [2.24, 2.45) is 4.36 Å². The quantitative estimate of drug-likeness (QED) is 0.504. The Morgan fingerprint density at radius 2 is 2.56 bits per heavy atom. The molecule has 1 heterocycles. The fourth-order valence-corrected chi connectivity index (χ4v) is 2.04. The summed E-state index contributed by atoms with van der Waals surface area (Å²) in [7, 11) is 0.0948. The van der Waals surface area contributed by atoms with Crippen LogP contribution in [0.25, 0.3) is 0 Å². The third kappa shape index (κ3) is 1.98. The van der Waals surface area contributed by atoms with Crippen molar-refractivity contribution in [2.45, 2.75) is 6.42 Å². The SMILES string of the molecule is N#CC=CS1=NCCC1. The predicted octanol–water partition coefficient (Wildman–Crippen LogP) is 1.23. The van der Waals surface area contributed by atoms with Crippen molar-refractivity contribution in [3.8, 4) is 6.07 Å². The Kier molecular flexibility index (Phi) is 2.47. The van der Waals surface area contributed by atoms with Crippen LogP contribution in [-0.4, -0.2) is 12.3 Å². The number of hydrogen-bond donors (Lipinski definition) is 0. The van der Waals surface area contributed by atoms with Gasteiger partial charge in [-0.05, 0) is 11.8 Å². The van der Waals surface area contributed by atoms with Crippen LogP contribution in [0.15, 0.2) is 15.8 Å². The van der Waals surface area contributed by atoms with Gasteiger partial charge >= 0.3 is 0 Å². The van der Waals surface area contributed by atoms with Crippen molar-refractivity contribution in [2.75, 3.05) is 12.3 Å². The van der Waals surface area contributed by atoms with E-state index in [-0.39, 0.29) is 10.7 Å². The van der Waals surface area contributed by atoms with Crippen molar-refractivity contribution < 1.29 is 0 Å². The predicted molar refractivity (Wildman–Crippen MR) is 38.9 cm³/mol. The molecule has 0 saturated carbocycles. The van der Waals surface area contributed by atoms with Gasteiger partial charge in [0, 0.05) is 18.4 Å². The lowest BCUT2D eigenvalue weighted by atomic mass is 10.5. The standard InChI is InChI=1S/C6H8N2S/c7-3-1-5-9-6-2-4-8-9/h1,5H,2,4,6H2.